The first-order chi connectivity index (χ1) is 15.3. The molecule has 1 aliphatic heterocycles. The summed E-state index contributed by atoms with van der Waals surface area (Å²) in [6, 6.07) is 13.6. The van der Waals surface area contributed by atoms with E-state index in [1.807, 2.05) is 0 Å². The van der Waals surface area contributed by atoms with Crippen molar-refractivity contribution in [2.24, 2.45) is 0 Å². The van der Waals surface area contributed by atoms with Crippen LogP contribution >= 0.6 is 0 Å². The number of halogens is 3. The molecule has 3 aromatic rings. The molecular formula is C24H19F3N2O3. The largest absolute Gasteiger partial charge is 0.481 e. The fraction of sp³-hybridized carbons (Fsp3) is 0.167. The van der Waals surface area contributed by atoms with E-state index in [-0.39, 0.29) is 24.6 Å². The van der Waals surface area contributed by atoms with Crippen molar-refractivity contribution in [3.63, 3.8) is 0 Å². The molecule has 32 heavy (non-hydrogen) atoms. The summed E-state index contributed by atoms with van der Waals surface area (Å²) in [6.07, 6.45) is -0.781. The highest BCUT2D eigenvalue weighted by Gasteiger charge is 2.28. The van der Waals surface area contributed by atoms with E-state index in [2.05, 4.69) is 5.32 Å². The van der Waals surface area contributed by atoms with Crippen molar-refractivity contribution in [1.82, 2.24) is 4.90 Å². The molecular weight excluding hydrogens is 421 g/mol. The van der Waals surface area contributed by atoms with Crippen molar-refractivity contribution in [3.05, 3.63) is 94.8 Å². The number of anilines is 1. The highest BCUT2D eigenvalue weighted by atomic mass is 19.1. The molecule has 0 saturated carbocycles. The second-order valence-corrected chi connectivity index (χ2v) is 7.45. The SMILES string of the molecule is C[C@H]1Oc2ccc(NC(=O)c3ccc(F)cc3F)cc2CN(Cc2ccccc2F)C1=O. The Labute approximate surface area is 182 Å². The summed E-state index contributed by atoms with van der Waals surface area (Å²) >= 11 is 0. The Hall–Kier alpha value is -3.81. The zero-order valence-corrected chi connectivity index (χ0v) is 17.1. The standard InChI is InChI=1S/C24H19F3N2O3/c1-14-24(31)29(12-15-4-2-3-5-20(15)26)13-16-10-18(7-9-22(16)32-14)28-23(30)19-8-6-17(25)11-21(19)27/h2-11,14H,12-13H2,1H3,(H,28,30)/t14-/m1/s1. The number of hydrogen-bond acceptors (Lipinski definition) is 3. The van der Waals surface area contributed by atoms with Gasteiger partial charge in [0.25, 0.3) is 11.8 Å². The Morgan fingerprint density at radius 3 is 2.59 bits per heavy atom. The van der Waals surface area contributed by atoms with Crippen LogP contribution in [0.15, 0.2) is 60.7 Å². The number of ether oxygens (including phenoxy) is 1. The lowest BCUT2D eigenvalue weighted by atomic mass is 10.1. The molecule has 0 radical (unpaired) electrons. The normalized spacial score (nSPS) is 15.6. The summed E-state index contributed by atoms with van der Waals surface area (Å²) in [5.41, 5.74) is 1.00. The molecule has 1 heterocycles. The van der Waals surface area contributed by atoms with Crippen molar-refractivity contribution >= 4 is 17.5 Å². The molecule has 1 atom stereocenters. The van der Waals surface area contributed by atoms with E-state index < -0.39 is 29.5 Å². The first-order valence-corrected chi connectivity index (χ1v) is 9.90. The second-order valence-electron chi connectivity index (χ2n) is 7.45. The van der Waals surface area contributed by atoms with Crippen LogP contribution in [-0.4, -0.2) is 22.8 Å². The predicted octanol–water partition coefficient (Wildman–Crippen LogP) is 4.67. The fourth-order valence-corrected chi connectivity index (χ4v) is 3.52. The molecule has 0 fully saturated rings. The quantitative estimate of drug-likeness (QED) is 0.642. The van der Waals surface area contributed by atoms with Gasteiger partial charge in [-0.2, -0.15) is 0 Å². The van der Waals surface area contributed by atoms with Gasteiger partial charge in [-0.1, -0.05) is 18.2 Å². The van der Waals surface area contributed by atoms with Crippen LogP contribution in [0.3, 0.4) is 0 Å². The Balaban J connectivity index is 1.59. The van der Waals surface area contributed by atoms with Crippen LogP contribution in [0.1, 0.15) is 28.4 Å². The maximum absolute atomic E-state index is 14.1. The van der Waals surface area contributed by atoms with Gasteiger partial charge in [0, 0.05) is 36.0 Å². The number of carbonyl (C=O) groups excluding carboxylic acids is 2. The summed E-state index contributed by atoms with van der Waals surface area (Å²) < 4.78 is 46.9. The van der Waals surface area contributed by atoms with Gasteiger partial charge in [0.15, 0.2) is 6.10 Å². The number of rotatable bonds is 4. The summed E-state index contributed by atoms with van der Waals surface area (Å²) in [5, 5.41) is 2.56. The van der Waals surface area contributed by atoms with E-state index in [1.165, 1.54) is 11.0 Å². The van der Waals surface area contributed by atoms with Crippen molar-refractivity contribution in [3.8, 4) is 5.75 Å². The Morgan fingerprint density at radius 1 is 1.06 bits per heavy atom. The molecule has 8 heteroatoms. The first-order valence-electron chi connectivity index (χ1n) is 9.90. The zero-order chi connectivity index (χ0) is 22.8. The van der Waals surface area contributed by atoms with E-state index in [9.17, 15) is 22.8 Å². The van der Waals surface area contributed by atoms with E-state index in [4.69, 9.17) is 4.74 Å². The summed E-state index contributed by atoms with van der Waals surface area (Å²) in [5.74, 6) is -2.77. The van der Waals surface area contributed by atoms with Crippen molar-refractivity contribution in [2.45, 2.75) is 26.1 Å². The Morgan fingerprint density at radius 2 is 1.84 bits per heavy atom. The fourth-order valence-electron chi connectivity index (χ4n) is 3.52. The van der Waals surface area contributed by atoms with E-state index in [0.717, 1.165) is 12.1 Å². The van der Waals surface area contributed by atoms with Crippen LogP contribution in [-0.2, 0) is 17.9 Å². The van der Waals surface area contributed by atoms with Gasteiger partial charge < -0.3 is 15.0 Å². The van der Waals surface area contributed by atoms with Gasteiger partial charge in [0.05, 0.1) is 5.56 Å². The van der Waals surface area contributed by atoms with E-state index in [1.54, 1.807) is 43.3 Å². The molecule has 0 saturated heterocycles. The first kappa shape index (κ1) is 21.4. The van der Waals surface area contributed by atoms with Crippen LogP contribution in [0.2, 0.25) is 0 Å². The molecule has 0 spiro atoms. The molecule has 1 N–H and O–H groups in total. The average Bonchev–Trinajstić information content (AvgIpc) is 2.86. The molecule has 1 aliphatic rings. The summed E-state index contributed by atoms with van der Waals surface area (Å²) in [4.78, 5) is 26.7. The molecule has 0 aromatic heterocycles. The van der Waals surface area contributed by atoms with Crippen LogP contribution in [0.4, 0.5) is 18.9 Å². The monoisotopic (exact) mass is 440 g/mol. The van der Waals surface area contributed by atoms with Gasteiger partial charge in [-0.05, 0) is 43.3 Å². The van der Waals surface area contributed by atoms with Crippen LogP contribution in [0.25, 0.3) is 0 Å². The Bertz CT molecular complexity index is 1200. The molecule has 4 rings (SSSR count). The van der Waals surface area contributed by atoms with Gasteiger partial charge >= 0.3 is 0 Å². The molecule has 3 aromatic carbocycles. The predicted molar refractivity (Wildman–Crippen MR) is 111 cm³/mol. The lowest BCUT2D eigenvalue weighted by Gasteiger charge is -2.22. The minimum Gasteiger partial charge on any atom is -0.481 e. The summed E-state index contributed by atoms with van der Waals surface area (Å²) in [7, 11) is 0. The lowest BCUT2D eigenvalue weighted by molar-refractivity contribution is -0.138. The number of amides is 2. The third kappa shape index (κ3) is 4.44. The average molecular weight is 440 g/mol. The summed E-state index contributed by atoms with van der Waals surface area (Å²) in [6.45, 7) is 1.79. The topological polar surface area (TPSA) is 58.6 Å². The highest BCUT2D eigenvalue weighted by molar-refractivity contribution is 6.04. The third-order valence-corrected chi connectivity index (χ3v) is 5.14. The lowest BCUT2D eigenvalue weighted by Crippen LogP contribution is -2.37. The van der Waals surface area contributed by atoms with Gasteiger partial charge in [-0.15, -0.1) is 0 Å². The number of nitrogens with one attached hydrogen (secondary N) is 1. The van der Waals surface area contributed by atoms with Crippen LogP contribution < -0.4 is 10.1 Å². The second kappa shape index (κ2) is 8.74. The minimum atomic E-state index is -0.976. The molecule has 164 valence electrons. The number of benzene rings is 3. The maximum atomic E-state index is 14.1. The van der Waals surface area contributed by atoms with Gasteiger partial charge in [0.1, 0.15) is 23.2 Å². The van der Waals surface area contributed by atoms with Crippen LogP contribution in [0.5, 0.6) is 5.75 Å². The molecule has 0 aliphatic carbocycles. The van der Waals surface area contributed by atoms with Crippen molar-refractivity contribution in [1.29, 1.82) is 0 Å². The van der Waals surface area contributed by atoms with Gasteiger partial charge in [0.2, 0.25) is 0 Å². The van der Waals surface area contributed by atoms with Crippen LogP contribution in [0, 0.1) is 17.5 Å². The van der Waals surface area contributed by atoms with Gasteiger partial charge in [-0.25, -0.2) is 13.2 Å². The Kier molecular flexibility index (Phi) is 5.85. The van der Waals surface area contributed by atoms with E-state index in [0.29, 0.717) is 28.6 Å². The third-order valence-electron chi connectivity index (χ3n) is 5.14. The number of hydrogen-bond donors (Lipinski definition) is 1. The minimum absolute atomic E-state index is 0.0516. The van der Waals surface area contributed by atoms with E-state index >= 15 is 0 Å². The zero-order valence-electron chi connectivity index (χ0n) is 17.1. The highest BCUT2D eigenvalue weighted by Crippen LogP contribution is 2.30. The molecule has 0 unspecified atom stereocenters. The molecule has 0 bridgehead atoms. The van der Waals surface area contributed by atoms with Crippen molar-refractivity contribution in [2.75, 3.05) is 5.32 Å². The number of nitrogens with zero attached hydrogens (tertiary/aromatic N) is 1. The molecule has 5 nitrogen and oxygen atoms in total. The molecule has 2 amide bonds. The van der Waals surface area contributed by atoms with Crippen molar-refractivity contribution < 1.29 is 27.5 Å². The maximum Gasteiger partial charge on any atom is 0.263 e. The number of fused-ring (bicyclic) bond motifs is 1. The van der Waals surface area contributed by atoms with Gasteiger partial charge in [-0.3, -0.25) is 9.59 Å². The number of carbonyl (C=O) groups is 2. The smallest absolute Gasteiger partial charge is 0.263 e.